The van der Waals surface area contributed by atoms with Gasteiger partial charge in [0.05, 0.1) is 20.3 Å². The first kappa shape index (κ1) is 14.8. The molecule has 0 heterocycles. The second kappa shape index (κ2) is 6.05. The molecule has 0 aliphatic carbocycles. The molecular weight excluding hydrogens is 254 g/mol. The largest absolute Gasteiger partial charge is 0.493 e. The van der Waals surface area contributed by atoms with E-state index in [4.69, 9.17) is 25.4 Å². The van der Waals surface area contributed by atoms with Crippen LogP contribution in [0.5, 0.6) is 11.5 Å². The van der Waals surface area contributed by atoms with Gasteiger partial charge in [-0.15, -0.1) is 0 Å². The highest BCUT2D eigenvalue weighted by Crippen LogP contribution is 2.31. The fourth-order valence-electron chi connectivity index (χ4n) is 1.67. The van der Waals surface area contributed by atoms with Crippen molar-refractivity contribution in [1.29, 1.82) is 0 Å². The molecule has 0 saturated heterocycles. The summed E-state index contributed by atoms with van der Waals surface area (Å²) in [6.07, 6.45) is 0. The van der Waals surface area contributed by atoms with Crippen molar-refractivity contribution in [2.45, 2.75) is 6.04 Å². The van der Waals surface area contributed by atoms with Gasteiger partial charge in [0.2, 0.25) is 0 Å². The second-order valence-corrected chi connectivity index (χ2v) is 3.79. The highest BCUT2D eigenvalue weighted by molar-refractivity contribution is 5.94. The summed E-state index contributed by atoms with van der Waals surface area (Å²) < 4.78 is 10.1. The summed E-state index contributed by atoms with van der Waals surface area (Å²) in [4.78, 5) is 21.8. The van der Waals surface area contributed by atoms with Crippen molar-refractivity contribution in [2.24, 2.45) is 11.7 Å². The molecule has 1 unspecified atom stereocenters. The van der Waals surface area contributed by atoms with Crippen LogP contribution in [-0.4, -0.2) is 36.4 Å². The molecule has 4 N–H and O–H groups in total. The molecule has 1 atom stereocenters. The molecule has 7 heteroatoms. The lowest BCUT2D eigenvalue weighted by atomic mass is 9.93. The Morgan fingerprint density at radius 3 is 2.05 bits per heavy atom. The molecule has 0 fully saturated rings. The maximum absolute atomic E-state index is 10.9. The van der Waals surface area contributed by atoms with Crippen LogP contribution in [0.3, 0.4) is 0 Å². The van der Waals surface area contributed by atoms with Crippen LogP contribution in [0.2, 0.25) is 0 Å². The Balaban J connectivity index is 3.15. The van der Waals surface area contributed by atoms with Crippen LogP contribution in [0.25, 0.3) is 0 Å². The minimum atomic E-state index is -1.72. The third-order valence-corrected chi connectivity index (χ3v) is 2.68. The Hall–Kier alpha value is -2.28. The van der Waals surface area contributed by atoms with Gasteiger partial charge in [0, 0.05) is 0 Å². The molecule has 1 rings (SSSR count). The second-order valence-electron chi connectivity index (χ2n) is 3.79. The fourth-order valence-corrected chi connectivity index (χ4v) is 1.67. The molecule has 0 aliphatic rings. The quantitative estimate of drug-likeness (QED) is 0.643. The molecule has 0 amide bonds. The van der Waals surface area contributed by atoms with E-state index in [1.54, 1.807) is 0 Å². The zero-order chi connectivity index (χ0) is 14.6. The summed E-state index contributed by atoms with van der Waals surface area (Å²) in [7, 11) is 2.87. The van der Waals surface area contributed by atoms with E-state index in [2.05, 4.69) is 0 Å². The third kappa shape index (κ3) is 3.14. The number of methoxy groups -OCH3 is 2. The first-order chi connectivity index (χ1) is 8.92. The topological polar surface area (TPSA) is 119 Å². The van der Waals surface area contributed by atoms with Gasteiger partial charge in [-0.25, -0.2) is 0 Å². The van der Waals surface area contributed by atoms with Crippen molar-refractivity contribution in [1.82, 2.24) is 0 Å². The Morgan fingerprint density at radius 2 is 1.63 bits per heavy atom. The van der Waals surface area contributed by atoms with Gasteiger partial charge in [-0.05, 0) is 17.7 Å². The number of hydrogen-bond donors (Lipinski definition) is 3. The van der Waals surface area contributed by atoms with Crippen LogP contribution in [0.15, 0.2) is 18.2 Å². The number of carboxylic acid groups (broad SMARTS) is 2. The molecule has 104 valence electrons. The summed E-state index contributed by atoms with van der Waals surface area (Å²) in [6, 6.07) is 3.32. The van der Waals surface area contributed by atoms with Gasteiger partial charge in [0.25, 0.3) is 0 Å². The van der Waals surface area contributed by atoms with E-state index < -0.39 is 23.9 Å². The van der Waals surface area contributed by atoms with Gasteiger partial charge in [-0.3, -0.25) is 9.59 Å². The minimum Gasteiger partial charge on any atom is -0.493 e. The summed E-state index contributed by atoms with van der Waals surface area (Å²) in [6.45, 7) is 0. The van der Waals surface area contributed by atoms with E-state index in [0.717, 1.165) is 0 Å². The molecule has 0 aromatic heterocycles. The van der Waals surface area contributed by atoms with Crippen molar-refractivity contribution in [3.63, 3.8) is 0 Å². The van der Waals surface area contributed by atoms with Crippen molar-refractivity contribution in [3.8, 4) is 11.5 Å². The lowest BCUT2D eigenvalue weighted by Gasteiger charge is -2.18. The lowest BCUT2D eigenvalue weighted by Crippen LogP contribution is -2.34. The zero-order valence-electron chi connectivity index (χ0n) is 10.5. The van der Waals surface area contributed by atoms with Crippen molar-refractivity contribution < 1.29 is 29.3 Å². The van der Waals surface area contributed by atoms with E-state index in [1.807, 2.05) is 0 Å². The number of hydrogen-bond acceptors (Lipinski definition) is 5. The highest BCUT2D eigenvalue weighted by atomic mass is 16.5. The van der Waals surface area contributed by atoms with Crippen LogP contribution in [-0.2, 0) is 9.59 Å². The van der Waals surface area contributed by atoms with Gasteiger partial charge >= 0.3 is 11.9 Å². The molecule has 0 aliphatic heterocycles. The third-order valence-electron chi connectivity index (χ3n) is 2.68. The smallest absolute Gasteiger partial charge is 0.319 e. The Morgan fingerprint density at radius 1 is 1.11 bits per heavy atom. The molecule has 0 radical (unpaired) electrons. The average Bonchev–Trinajstić information content (AvgIpc) is 2.36. The number of benzene rings is 1. The van der Waals surface area contributed by atoms with E-state index in [0.29, 0.717) is 17.1 Å². The van der Waals surface area contributed by atoms with Crippen LogP contribution < -0.4 is 15.2 Å². The lowest BCUT2D eigenvalue weighted by molar-refractivity contribution is -0.155. The number of rotatable bonds is 6. The van der Waals surface area contributed by atoms with Gasteiger partial charge in [-0.2, -0.15) is 0 Å². The molecular formula is C12H15NO6. The number of carbonyl (C=O) groups is 2. The van der Waals surface area contributed by atoms with Gasteiger partial charge in [-0.1, -0.05) is 6.07 Å². The standard InChI is InChI=1S/C12H15NO6/c1-18-7-4-3-6(5-8(7)19-2)10(13)9(11(14)15)12(16)17/h3-5,9-10H,13H2,1-2H3,(H,14,15)(H,16,17). The number of nitrogens with two attached hydrogens (primary N) is 1. The van der Waals surface area contributed by atoms with Crippen molar-refractivity contribution in [3.05, 3.63) is 23.8 Å². The fraction of sp³-hybridized carbons (Fsp3) is 0.333. The SMILES string of the molecule is COc1ccc(C(N)C(C(=O)O)C(=O)O)cc1OC. The van der Waals surface area contributed by atoms with Crippen LogP contribution in [0.4, 0.5) is 0 Å². The van der Waals surface area contributed by atoms with E-state index >= 15 is 0 Å². The molecule has 7 nitrogen and oxygen atoms in total. The molecule has 0 spiro atoms. The summed E-state index contributed by atoms with van der Waals surface area (Å²) in [5.41, 5.74) is 6.04. The maximum Gasteiger partial charge on any atom is 0.319 e. The van der Waals surface area contributed by atoms with E-state index in [9.17, 15) is 9.59 Å². The van der Waals surface area contributed by atoms with Crippen molar-refractivity contribution >= 4 is 11.9 Å². The van der Waals surface area contributed by atoms with Gasteiger partial charge < -0.3 is 25.4 Å². The summed E-state index contributed by atoms with van der Waals surface area (Å²) in [5, 5.41) is 17.8. The van der Waals surface area contributed by atoms with Crippen molar-refractivity contribution in [2.75, 3.05) is 14.2 Å². The monoisotopic (exact) mass is 269 g/mol. The van der Waals surface area contributed by atoms with Crippen LogP contribution in [0.1, 0.15) is 11.6 Å². The zero-order valence-corrected chi connectivity index (χ0v) is 10.5. The predicted molar refractivity (Wildman–Crippen MR) is 65.2 cm³/mol. The number of ether oxygens (including phenoxy) is 2. The normalized spacial score (nSPS) is 12.0. The Bertz CT molecular complexity index is 473. The molecule has 0 saturated carbocycles. The number of carboxylic acids is 2. The van der Waals surface area contributed by atoms with E-state index in [-0.39, 0.29) is 0 Å². The first-order valence-electron chi connectivity index (χ1n) is 5.35. The molecule has 19 heavy (non-hydrogen) atoms. The van der Waals surface area contributed by atoms with Crippen LogP contribution >= 0.6 is 0 Å². The summed E-state index contributed by atoms with van der Waals surface area (Å²) in [5.74, 6) is -3.91. The average molecular weight is 269 g/mol. The molecule has 1 aromatic carbocycles. The highest BCUT2D eigenvalue weighted by Gasteiger charge is 2.33. The molecule has 1 aromatic rings. The van der Waals surface area contributed by atoms with Gasteiger partial charge in [0.15, 0.2) is 17.4 Å². The minimum absolute atomic E-state index is 0.340. The maximum atomic E-state index is 10.9. The Labute approximate surface area is 109 Å². The van der Waals surface area contributed by atoms with E-state index in [1.165, 1.54) is 32.4 Å². The summed E-state index contributed by atoms with van der Waals surface area (Å²) >= 11 is 0. The predicted octanol–water partition coefficient (Wildman–Crippen LogP) is 0.489. The first-order valence-corrected chi connectivity index (χ1v) is 5.35. The van der Waals surface area contributed by atoms with Gasteiger partial charge in [0.1, 0.15) is 0 Å². The van der Waals surface area contributed by atoms with Crippen LogP contribution in [0, 0.1) is 5.92 Å². The Kier molecular flexibility index (Phi) is 4.71. The molecule has 0 bridgehead atoms. The number of aliphatic carboxylic acids is 2.